The first-order valence-electron chi connectivity index (χ1n) is 6.44. The van der Waals surface area contributed by atoms with Crippen LogP contribution in [0, 0.1) is 10.2 Å². The number of ether oxygens (including phenoxy) is 1. The van der Waals surface area contributed by atoms with E-state index >= 15 is 0 Å². The van der Waals surface area contributed by atoms with Crippen LogP contribution in [0.15, 0.2) is 60.0 Å². The van der Waals surface area contributed by atoms with E-state index < -0.39 is 10.2 Å². The maximum Gasteiger partial charge on any atom is 0.238 e. The van der Waals surface area contributed by atoms with Gasteiger partial charge in [-0.1, -0.05) is 24.3 Å². The van der Waals surface area contributed by atoms with E-state index in [-0.39, 0.29) is 0 Å². The number of fused-ring (bicyclic) bond motifs is 1. The molecule has 23 heavy (non-hydrogen) atoms. The molecule has 5 nitrogen and oxygen atoms in total. The lowest BCUT2D eigenvalue weighted by atomic mass is 10.0. The highest BCUT2D eigenvalue weighted by atomic mass is 35.7. The molecule has 0 atom stereocenters. The standard InChI is InChI=1S/C16H13OS.ClHO4/c1-17-13-8-6-12(7-9-13)14-10-11-18-16-5-3-2-4-15(14)16;2-1(3,4)5/h2-11H,1H3;(H,2,3,4,5)/q+1;/p-1. The van der Waals surface area contributed by atoms with Gasteiger partial charge in [0.2, 0.25) is 16.0 Å². The maximum absolute atomic E-state index is 8.49. The van der Waals surface area contributed by atoms with Crippen LogP contribution >= 0.6 is 11.3 Å². The Bertz CT molecular complexity index is 760. The van der Waals surface area contributed by atoms with Gasteiger partial charge < -0.3 is 4.74 Å². The summed E-state index contributed by atoms with van der Waals surface area (Å²) in [5.74, 6) is 0.891. The lowest BCUT2D eigenvalue weighted by Crippen LogP contribution is -2.68. The Morgan fingerprint density at radius 3 is 2.09 bits per heavy atom. The fourth-order valence-corrected chi connectivity index (χ4v) is 2.89. The van der Waals surface area contributed by atoms with Crippen LogP contribution in [0.5, 0.6) is 5.75 Å². The highest BCUT2D eigenvalue weighted by Crippen LogP contribution is 2.31. The van der Waals surface area contributed by atoms with Crippen molar-refractivity contribution in [1.29, 1.82) is 0 Å². The van der Waals surface area contributed by atoms with Crippen molar-refractivity contribution in [3.05, 3.63) is 60.0 Å². The lowest BCUT2D eigenvalue weighted by molar-refractivity contribution is -2.00. The Labute approximate surface area is 139 Å². The van der Waals surface area contributed by atoms with Gasteiger partial charge in [-0.25, -0.2) is 18.6 Å². The molecular weight excluding hydrogens is 340 g/mol. The molecule has 2 aromatic carbocycles. The molecule has 1 aromatic heterocycles. The quantitative estimate of drug-likeness (QED) is 0.609. The van der Waals surface area contributed by atoms with Crippen LogP contribution in [0.4, 0.5) is 0 Å². The summed E-state index contributed by atoms with van der Waals surface area (Å²) < 4.78 is 40.5. The molecule has 0 saturated heterocycles. The molecule has 0 N–H and O–H groups in total. The molecule has 120 valence electrons. The molecule has 0 bridgehead atoms. The smallest absolute Gasteiger partial charge is 0.238 e. The van der Waals surface area contributed by atoms with Gasteiger partial charge in [-0.2, -0.15) is 0 Å². The molecule has 0 fully saturated rings. The fraction of sp³-hybridized carbons (Fsp3) is 0.0625. The van der Waals surface area contributed by atoms with Crippen molar-refractivity contribution >= 4 is 21.4 Å². The minimum absolute atomic E-state index is 0.891. The van der Waals surface area contributed by atoms with Crippen LogP contribution in [-0.4, -0.2) is 7.11 Å². The Morgan fingerprint density at radius 1 is 0.870 bits per heavy atom. The average Bonchev–Trinajstić information content (AvgIpc) is 2.53. The number of halogens is 1. The first-order chi connectivity index (χ1) is 10.9. The second kappa shape index (κ2) is 7.65. The van der Waals surface area contributed by atoms with Crippen molar-refractivity contribution < 1.29 is 33.6 Å². The van der Waals surface area contributed by atoms with Crippen LogP contribution in [0.1, 0.15) is 0 Å². The van der Waals surface area contributed by atoms with Gasteiger partial charge in [-0.3, -0.25) is 0 Å². The van der Waals surface area contributed by atoms with Gasteiger partial charge >= 0.3 is 0 Å². The van der Waals surface area contributed by atoms with Crippen LogP contribution in [-0.2, 0) is 0 Å². The maximum atomic E-state index is 8.49. The van der Waals surface area contributed by atoms with Gasteiger partial charge in [0, 0.05) is 17.5 Å². The highest BCUT2D eigenvalue weighted by Gasteiger charge is 2.09. The molecule has 0 aliphatic rings. The molecule has 3 rings (SSSR count). The first-order valence-corrected chi connectivity index (χ1v) is 8.55. The van der Waals surface area contributed by atoms with E-state index in [0.717, 1.165) is 5.75 Å². The summed E-state index contributed by atoms with van der Waals surface area (Å²) >= 11 is 1.77. The average molecular weight is 353 g/mol. The zero-order valence-corrected chi connectivity index (χ0v) is 13.7. The number of hydrogen-bond acceptors (Lipinski definition) is 5. The first kappa shape index (κ1) is 17.6. The summed E-state index contributed by atoms with van der Waals surface area (Å²) in [6.45, 7) is 0. The van der Waals surface area contributed by atoms with Crippen LogP contribution in [0.25, 0.3) is 21.2 Å². The molecule has 0 aliphatic carbocycles. The van der Waals surface area contributed by atoms with Gasteiger partial charge in [0.15, 0.2) is 5.38 Å². The minimum atomic E-state index is -4.94. The summed E-state index contributed by atoms with van der Waals surface area (Å²) in [6.07, 6.45) is 0. The molecule has 0 spiro atoms. The van der Waals surface area contributed by atoms with Crippen molar-refractivity contribution in [3.8, 4) is 16.9 Å². The van der Waals surface area contributed by atoms with Crippen LogP contribution < -0.4 is 23.4 Å². The highest BCUT2D eigenvalue weighted by molar-refractivity contribution is 7.16. The molecule has 0 aliphatic heterocycles. The van der Waals surface area contributed by atoms with Crippen LogP contribution in [0.3, 0.4) is 0 Å². The molecule has 0 saturated carbocycles. The molecular formula is C16H13ClO5S. The summed E-state index contributed by atoms with van der Waals surface area (Å²) in [5.41, 5.74) is 2.49. The Hall–Kier alpha value is -1.80. The monoisotopic (exact) mass is 352 g/mol. The summed E-state index contributed by atoms with van der Waals surface area (Å²) in [6, 6.07) is 18.9. The van der Waals surface area contributed by atoms with Crippen LogP contribution in [0.2, 0.25) is 0 Å². The second-order valence-corrected chi connectivity index (χ2v) is 6.14. The van der Waals surface area contributed by atoms with Crippen molar-refractivity contribution in [2.24, 2.45) is 0 Å². The van der Waals surface area contributed by atoms with E-state index in [1.54, 1.807) is 18.4 Å². The van der Waals surface area contributed by atoms with E-state index in [4.69, 9.17) is 23.4 Å². The largest absolute Gasteiger partial charge is 0.497 e. The molecule has 0 amide bonds. The van der Waals surface area contributed by atoms with Crippen molar-refractivity contribution in [2.45, 2.75) is 0 Å². The van der Waals surface area contributed by atoms with E-state index in [1.165, 1.54) is 21.2 Å². The van der Waals surface area contributed by atoms with Crippen molar-refractivity contribution in [1.82, 2.24) is 0 Å². The van der Waals surface area contributed by atoms with Gasteiger partial charge in [-0.05, 0) is 29.3 Å². The minimum Gasteiger partial charge on any atom is -0.497 e. The molecule has 7 heteroatoms. The summed E-state index contributed by atoms with van der Waals surface area (Å²) in [5, 5.41) is 3.44. The molecule has 1 heterocycles. The second-order valence-electron chi connectivity index (χ2n) is 4.44. The van der Waals surface area contributed by atoms with Gasteiger partial charge in [-0.15, -0.1) is 10.2 Å². The Morgan fingerprint density at radius 2 is 1.48 bits per heavy atom. The van der Waals surface area contributed by atoms with Crippen molar-refractivity contribution in [2.75, 3.05) is 7.11 Å². The number of rotatable bonds is 2. The SMILES string of the molecule is COc1ccc(-c2cc[s+]c3ccccc23)cc1.[O-][Cl+3]([O-])([O-])[O-]. The molecule has 3 aromatic rings. The van der Waals surface area contributed by atoms with E-state index in [2.05, 4.69) is 47.8 Å². The third kappa shape index (κ3) is 5.40. The zero-order chi connectivity index (χ0) is 16.9. The third-order valence-electron chi connectivity index (χ3n) is 3.01. The zero-order valence-electron chi connectivity index (χ0n) is 12.1. The predicted molar refractivity (Wildman–Crippen MR) is 78.2 cm³/mol. The number of benzene rings is 2. The van der Waals surface area contributed by atoms with E-state index in [1.807, 2.05) is 12.1 Å². The van der Waals surface area contributed by atoms with E-state index in [9.17, 15) is 0 Å². The normalized spacial score (nSPS) is 10.8. The van der Waals surface area contributed by atoms with Gasteiger partial charge in [0.1, 0.15) is 5.75 Å². The fourth-order valence-electron chi connectivity index (χ4n) is 2.08. The third-order valence-corrected chi connectivity index (χ3v) is 3.89. The van der Waals surface area contributed by atoms with Gasteiger partial charge in [0.05, 0.1) is 7.11 Å². The van der Waals surface area contributed by atoms with Gasteiger partial charge in [0.25, 0.3) is 0 Å². The number of hydrogen-bond donors (Lipinski definition) is 0. The topological polar surface area (TPSA) is 101 Å². The summed E-state index contributed by atoms with van der Waals surface area (Å²) in [7, 11) is -3.26. The molecule has 0 unspecified atom stereocenters. The number of methoxy groups -OCH3 is 1. The Kier molecular flexibility index (Phi) is 5.84. The predicted octanol–water partition coefficient (Wildman–Crippen LogP) is 0.102. The summed E-state index contributed by atoms with van der Waals surface area (Å²) in [4.78, 5) is 0. The van der Waals surface area contributed by atoms with E-state index in [0.29, 0.717) is 0 Å². The van der Waals surface area contributed by atoms with Crippen molar-refractivity contribution in [3.63, 3.8) is 0 Å². The lowest BCUT2D eigenvalue weighted by Gasteiger charge is -2.17. The Balaban J connectivity index is 0.000000338. The molecule has 0 radical (unpaired) electrons.